The fourth-order valence-electron chi connectivity index (χ4n) is 2.81. The topological polar surface area (TPSA) is 15.3 Å². The molecule has 104 valence electrons. The Labute approximate surface area is 121 Å². The largest absolute Gasteiger partial charge is 0.384 e. The van der Waals surface area contributed by atoms with E-state index in [0.717, 1.165) is 25.9 Å². The van der Waals surface area contributed by atoms with E-state index in [1.54, 1.807) is 0 Å². The fourth-order valence-corrected chi connectivity index (χ4v) is 2.81. The summed E-state index contributed by atoms with van der Waals surface area (Å²) in [6.07, 6.45) is 2.25. The van der Waals surface area contributed by atoms with Crippen LogP contribution in [0.4, 0.5) is 11.4 Å². The Balaban J connectivity index is 1.73. The highest BCUT2D eigenvalue weighted by Crippen LogP contribution is 2.24. The van der Waals surface area contributed by atoms with Crippen LogP contribution < -0.4 is 10.2 Å². The molecule has 0 aliphatic carbocycles. The molecule has 0 fully saturated rings. The molecule has 0 saturated heterocycles. The molecule has 0 saturated carbocycles. The smallest absolute Gasteiger partial charge is 0.0426 e. The van der Waals surface area contributed by atoms with Crippen molar-refractivity contribution in [1.82, 2.24) is 0 Å². The third-order valence-electron chi connectivity index (χ3n) is 4.08. The van der Waals surface area contributed by atoms with Crippen LogP contribution in [0.1, 0.15) is 23.6 Å². The number of benzene rings is 2. The van der Waals surface area contributed by atoms with Crippen molar-refractivity contribution in [2.24, 2.45) is 0 Å². The number of hydrogen-bond donors (Lipinski definition) is 1. The van der Waals surface area contributed by atoms with Gasteiger partial charge in [0.05, 0.1) is 0 Å². The van der Waals surface area contributed by atoms with E-state index in [0.29, 0.717) is 0 Å². The zero-order valence-electron chi connectivity index (χ0n) is 12.3. The van der Waals surface area contributed by atoms with E-state index in [1.165, 1.54) is 28.1 Å². The Morgan fingerprint density at radius 1 is 1.05 bits per heavy atom. The molecule has 2 aromatic rings. The molecule has 0 atom stereocenters. The summed E-state index contributed by atoms with van der Waals surface area (Å²) < 4.78 is 0. The highest BCUT2D eigenvalue weighted by Gasteiger charge is 2.10. The predicted octanol–water partition coefficient (Wildman–Crippen LogP) is 3.85. The van der Waals surface area contributed by atoms with Gasteiger partial charge in [0.2, 0.25) is 0 Å². The van der Waals surface area contributed by atoms with Crippen molar-refractivity contribution in [3.8, 4) is 0 Å². The lowest BCUT2D eigenvalue weighted by Crippen LogP contribution is -2.16. The summed E-state index contributed by atoms with van der Waals surface area (Å²) in [7, 11) is 2.16. The average Bonchev–Trinajstić information content (AvgIpc) is 2.95. The van der Waals surface area contributed by atoms with Crippen LogP contribution in [0.5, 0.6) is 0 Å². The Bertz CT molecular complexity index is 587. The minimum absolute atomic E-state index is 0.957. The van der Waals surface area contributed by atoms with E-state index in [9.17, 15) is 0 Å². The van der Waals surface area contributed by atoms with Crippen LogP contribution in [0.2, 0.25) is 0 Å². The second kappa shape index (κ2) is 5.58. The van der Waals surface area contributed by atoms with Gasteiger partial charge < -0.3 is 10.2 Å². The highest BCUT2D eigenvalue weighted by atomic mass is 15.1. The van der Waals surface area contributed by atoms with Crippen LogP contribution in [0.3, 0.4) is 0 Å². The summed E-state index contributed by atoms with van der Waals surface area (Å²) in [5, 5.41) is 3.41. The standard InChI is InChI=1S/C18H22N2/c1-3-14-4-7-17(8-5-14)20(2)13-15-6-9-18-16(12-15)10-11-19-18/h4-9,12,19H,3,10-11,13H2,1-2H3. The summed E-state index contributed by atoms with van der Waals surface area (Å²) in [5.74, 6) is 0. The number of hydrogen-bond acceptors (Lipinski definition) is 2. The zero-order chi connectivity index (χ0) is 13.9. The van der Waals surface area contributed by atoms with Crippen LogP contribution >= 0.6 is 0 Å². The van der Waals surface area contributed by atoms with Gasteiger partial charge in [0.1, 0.15) is 0 Å². The van der Waals surface area contributed by atoms with E-state index in [4.69, 9.17) is 0 Å². The maximum atomic E-state index is 3.41. The lowest BCUT2D eigenvalue weighted by atomic mass is 10.1. The molecule has 0 amide bonds. The monoisotopic (exact) mass is 266 g/mol. The van der Waals surface area contributed by atoms with Crippen molar-refractivity contribution in [1.29, 1.82) is 0 Å². The zero-order valence-corrected chi connectivity index (χ0v) is 12.3. The molecular weight excluding hydrogens is 244 g/mol. The van der Waals surface area contributed by atoms with Gasteiger partial charge in [-0.15, -0.1) is 0 Å². The molecular formula is C18H22N2. The van der Waals surface area contributed by atoms with Crippen LogP contribution in [0.25, 0.3) is 0 Å². The molecule has 0 bridgehead atoms. The van der Waals surface area contributed by atoms with Crippen molar-refractivity contribution in [3.05, 3.63) is 59.2 Å². The van der Waals surface area contributed by atoms with Gasteiger partial charge in [0, 0.05) is 31.5 Å². The number of rotatable bonds is 4. The lowest BCUT2D eigenvalue weighted by molar-refractivity contribution is 0.919. The molecule has 2 nitrogen and oxygen atoms in total. The van der Waals surface area contributed by atoms with Gasteiger partial charge in [-0.25, -0.2) is 0 Å². The first-order valence-electron chi connectivity index (χ1n) is 7.42. The minimum Gasteiger partial charge on any atom is -0.384 e. The van der Waals surface area contributed by atoms with Crippen LogP contribution in [0, 0.1) is 0 Å². The second-order valence-corrected chi connectivity index (χ2v) is 5.54. The molecule has 2 heteroatoms. The van der Waals surface area contributed by atoms with Crippen molar-refractivity contribution >= 4 is 11.4 Å². The molecule has 1 aliphatic rings. The van der Waals surface area contributed by atoms with Gasteiger partial charge in [0.15, 0.2) is 0 Å². The lowest BCUT2D eigenvalue weighted by Gasteiger charge is -2.20. The molecule has 0 spiro atoms. The molecule has 1 heterocycles. The maximum absolute atomic E-state index is 3.41. The average molecular weight is 266 g/mol. The molecule has 20 heavy (non-hydrogen) atoms. The molecule has 3 rings (SSSR count). The van der Waals surface area contributed by atoms with E-state index in [-0.39, 0.29) is 0 Å². The van der Waals surface area contributed by atoms with Crippen molar-refractivity contribution in [3.63, 3.8) is 0 Å². The van der Waals surface area contributed by atoms with Gasteiger partial charge in [-0.1, -0.05) is 31.2 Å². The Kier molecular flexibility index (Phi) is 3.64. The maximum Gasteiger partial charge on any atom is 0.0426 e. The van der Waals surface area contributed by atoms with Crippen molar-refractivity contribution in [2.45, 2.75) is 26.3 Å². The number of fused-ring (bicyclic) bond motifs is 1. The first-order valence-corrected chi connectivity index (χ1v) is 7.42. The third-order valence-corrected chi connectivity index (χ3v) is 4.08. The van der Waals surface area contributed by atoms with Gasteiger partial charge in [-0.2, -0.15) is 0 Å². The fraction of sp³-hybridized carbons (Fsp3) is 0.333. The summed E-state index contributed by atoms with van der Waals surface area (Å²) in [4.78, 5) is 2.31. The molecule has 1 aliphatic heterocycles. The number of anilines is 2. The molecule has 1 N–H and O–H groups in total. The Morgan fingerprint density at radius 2 is 1.80 bits per heavy atom. The van der Waals surface area contributed by atoms with E-state index < -0.39 is 0 Å². The van der Waals surface area contributed by atoms with E-state index in [2.05, 4.69) is 66.7 Å². The van der Waals surface area contributed by atoms with Gasteiger partial charge in [-0.05, 0) is 47.7 Å². The summed E-state index contributed by atoms with van der Waals surface area (Å²) >= 11 is 0. The highest BCUT2D eigenvalue weighted by molar-refractivity contribution is 5.57. The van der Waals surface area contributed by atoms with E-state index >= 15 is 0 Å². The SMILES string of the molecule is CCc1ccc(N(C)Cc2ccc3c(c2)CCN3)cc1. The number of nitrogens with one attached hydrogen (secondary N) is 1. The minimum atomic E-state index is 0.957. The van der Waals surface area contributed by atoms with Crippen molar-refractivity contribution in [2.75, 3.05) is 23.8 Å². The quantitative estimate of drug-likeness (QED) is 0.904. The summed E-state index contributed by atoms with van der Waals surface area (Å²) in [6, 6.07) is 15.7. The van der Waals surface area contributed by atoms with Gasteiger partial charge >= 0.3 is 0 Å². The first kappa shape index (κ1) is 13.0. The predicted molar refractivity (Wildman–Crippen MR) is 86.6 cm³/mol. The third kappa shape index (κ3) is 2.64. The van der Waals surface area contributed by atoms with E-state index in [1.807, 2.05) is 0 Å². The second-order valence-electron chi connectivity index (χ2n) is 5.54. The molecule has 0 aromatic heterocycles. The van der Waals surface area contributed by atoms with Crippen molar-refractivity contribution < 1.29 is 0 Å². The van der Waals surface area contributed by atoms with Gasteiger partial charge in [0.25, 0.3) is 0 Å². The van der Waals surface area contributed by atoms with Crippen LogP contribution in [0.15, 0.2) is 42.5 Å². The molecule has 2 aromatic carbocycles. The summed E-state index contributed by atoms with van der Waals surface area (Å²) in [6.45, 7) is 4.23. The normalized spacial score (nSPS) is 12.9. The summed E-state index contributed by atoms with van der Waals surface area (Å²) in [5.41, 5.74) is 6.82. The van der Waals surface area contributed by atoms with Crippen LogP contribution in [-0.4, -0.2) is 13.6 Å². The van der Waals surface area contributed by atoms with Crippen LogP contribution in [-0.2, 0) is 19.4 Å². The molecule has 0 radical (unpaired) electrons. The Morgan fingerprint density at radius 3 is 2.55 bits per heavy atom. The Hall–Kier alpha value is -1.96. The first-order chi connectivity index (χ1) is 9.76. The number of nitrogens with zero attached hydrogens (tertiary/aromatic N) is 1. The number of aryl methyl sites for hydroxylation is 1. The molecule has 0 unspecified atom stereocenters. The van der Waals surface area contributed by atoms with Gasteiger partial charge in [-0.3, -0.25) is 0 Å².